The van der Waals surface area contributed by atoms with E-state index in [1.165, 1.54) is 12.8 Å². The van der Waals surface area contributed by atoms with Crippen LogP contribution in [0.3, 0.4) is 0 Å². The van der Waals surface area contributed by atoms with Crippen LogP contribution in [-0.2, 0) is 11.2 Å². The first-order valence-electron chi connectivity index (χ1n) is 11.5. The molecule has 2 fully saturated rings. The van der Waals surface area contributed by atoms with E-state index in [-0.39, 0.29) is 11.8 Å². The molecule has 28 heavy (non-hydrogen) atoms. The van der Waals surface area contributed by atoms with E-state index in [1.54, 1.807) is 0 Å². The third-order valence-corrected chi connectivity index (χ3v) is 7.73. The fraction of sp³-hybridized carbons (Fsp3) is 0.800. The summed E-state index contributed by atoms with van der Waals surface area (Å²) < 4.78 is 0. The minimum atomic E-state index is -0.897. The van der Waals surface area contributed by atoms with Crippen molar-refractivity contribution in [2.24, 2.45) is 35.5 Å². The van der Waals surface area contributed by atoms with E-state index < -0.39 is 11.2 Å². The zero-order valence-corrected chi connectivity index (χ0v) is 18.8. The van der Waals surface area contributed by atoms with Crippen LogP contribution in [0.4, 0.5) is 0 Å². The summed E-state index contributed by atoms with van der Waals surface area (Å²) in [5.74, 6) is 2.23. The fourth-order valence-corrected chi connectivity index (χ4v) is 6.25. The van der Waals surface area contributed by atoms with Crippen LogP contribution < -0.4 is 0 Å². The summed E-state index contributed by atoms with van der Waals surface area (Å²) >= 11 is 0. The summed E-state index contributed by atoms with van der Waals surface area (Å²) in [7, 11) is 0. The number of rotatable bonds is 4. The predicted molar refractivity (Wildman–Crippen MR) is 115 cm³/mol. The van der Waals surface area contributed by atoms with Gasteiger partial charge in [0.15, 0.2) is 0 Å². The van der Waals surface area contributed by atoms with Crippen molar-refractivity contribution in [3.05, 3.63) is 29.6 Å². The Kier molecular flexibility index (Phi) is 6.27. The van der Waals surface area contributed by atoms with Crippen molar-refractivity contribution in [2.45, 2.75) is 91.3 Å². The van der Waals surface area contributed by atoms with Gasteiger partial charge in [0.25, 0.3) is 0 Å². The van der Waals surface area contributed by atoms with Gasteiger partial charge in [0.05, 0.1) is 11.4 Å². The van der Waals surface area contributed by atoms with Gasteiger partial charge in [-0.05, 0) is 73.3 Å². The predicted octanol–water partition coefficient (Wildman–Crippen LogP) is 5.64. The van der Waals surface area contributed by atoms with Crippen LogP contribution in [0.5, 0.6) is 0 Å². The zero-order valence-electron chi connectivity index (χ0n) is 18.8. The second-order valence-electron chi connectivity index (χ2n) is 10.7. The maximum Gasteiger partial charge on any atom is 0.110 e. The normalized spacial score (nSPS) is 39.5. The van der Waals surface area contributed by atoms with Crippen molar-refractivity contribution in [2.75, 3.05) is 0 Å². The van der Waals surface area contributed by atoms with E-state index in [0.717, 1.165) is 37.1 Å². The second-order valence-corrected chi connectivity index (χ2v) is 10.7. The molecule has 2 N–H and O–H groups in total. The topological polar surface area (TPSA) is 53.4 Å². The Hall–Kier alpha value is -0.930. The molecule has 0 radical (unpaired) electrons. The Morgan fingerprint density at radius 2 is 1.18 bits per heavy atom. The van der Waals surface area contributed by atoms with Crippen LogP contribution >= 0.6 is 0 Å². The van der Waals surface area contributed by atoms with E-state index in [0.29, 0.717) is 23.7 Å². The highest BCUT2D eigenvalue weighted by atomic mass is 16.3. The molecule has 2 aliphatic rings. The lowest BCUT2D eigenvalue weighted by Gasteiger charge is -2.46. The summed E-state index contributed by atoms with van der Waals surface area (Å²) in [6, 6.07) is 5.97. The van der Waals surface area contributed by atoms with Gasteiger partial charge in [-0.15, -0.1) is 0 Å². The van der Waals surface area contributed by atoms with Crippen molar-refractivity contribution in [1.29, 1.82) is 0 Å². The summed E-state index contributed by atoms with van der Waals surface area (Å²) in [5.41, 5.74) is -0.258. The zero-order chi connectivity index (χ0) is 20.7. The second kappa shape index (κ2) is 8.07. The first-order chi connectivity index (χ1) is 13.1. The Balaban J connectivity index is 2.03. The maximum absolute atomic E-state index is 11.8. The quantitative estimate of drug-likeness (QED) is 0.703. The van der Waals surface area contributed by atoms with Crippen LogP contribution in [0.15, 0.2) is 18.2 Å². The van der Waals surface area contributed by atoms with E-state index in [4.69, 9.17) is 4.98 Å². The molecule has 0 aliphatic heterocycles. The van der Waals surface area contributed by atoms with Crippen molar-refractivity contribution >= 4 is 0 Å². The highest BCUT2D eigenvalue weighted by molar-refractivity contribution is 5.24. The number of hydrogen-bond donors (Lipinski definition) is 2. The Morgan fingerprint density at radius 1 is 0.786 bits per heavy atom. The molecule has 1 aromatic rings. The first kappa shape index (κ1) is 21.8. The molecule has 3 rings (SSSR count). The molecule has 0 bridgehead atoms. The van der Waals surface area contributed by atoms with Gasteiger partial charge in [-0.2, -0.15) is 0 Å². The number of hydrogen-bond acceptors (Lipinski definition) is 3. The van der Waals surface area contributed by atoms with Crippen molar-refractivity contribution in [3.8, 4) is 0 Å². The molecule has 0 spiro atoms. The minimum Gasteiger partial charge on any atom is -0.383 e. The molecular weight excluding hydrogens is 346 g/mol. The van der Waals surface area contributed by atoms with Gasteiger partial charge < -0.3 is 10.2 Å². The fourth-order valence-electron chi connectivity index (χ4n) is 6.25. The van der Waals surface area contributed by atoms with Crippen LogP contribution in [0.1, 0.15) is 91.5 Å². The van der Waals surface area contributed by atoms with Gasteiger partial charge in [-0.3, -0.25) is 4.98 Å². The Labute approximate surface area is 172 Å². The molecule has 1 heterocycles. The number of pyridine rings is 1. The van der Waals surface area contributed by atoms with Gasteiger partial charge in [0, 0.05) is 0 Å². The van der Waals surface area contributed by atoms with E-state index in [1.807, 2.05) is 18.2 Å². The van der Waals surface area contributed by atoms with E-state index in [2.05, 4.69) is 41.5 Å². The Bertz CT molecular complexity index is 619. The van der Waals surface area contributed by atoms with Crippen LogP contribution in [0.25, 0.3) is 0 Å². The minimum absolute atomic E-state index is 0.215. The SMILES string of the molecule is CC(C)[C@@H]1CC[C@@H](C)C[C@@]1(O)c1cccc([C@]2(O)C[C@H](C)CC[C@H]2C(C)C)n1. The standard InChI is InChI=1S/C25H41NO2/c1-16(2)20-12-10-18(5)14-24(20,27)22-8-7-9-23(26-22)25(28)15-19(6)11-13-21(25)17(3)4/h7-9,16-21,27-28H,10-15H2,1-6H3/t18-,19-,20+,21+,24+,25+/m1/s1. The van der Waals surface area contributed by atoms with Gasteiger partial charge in [-0.1, -0.05) is 60.5 Å². The molecular formula is C25H41NO2. The van der Waals surface area contributed by atoms with Crippen molar-refractivity contribution in [1.82, 2.24) is 4.98 Å². The molecule has 2 aliphatic carbocycles. The molecule has 0 amide bonds. The van der Waals surface area contributed by atoms with Crippen molar-refractivity contribution < 1.29 is 10.2 Å². The molecule has 2 saturated carbocycles. The summed E-state index contributed by atoms with van der Waals surface area (Å²) in [5, 5.41) is 23.7. The maximum atomic E-state index is 11.8. The van der Waals surface area contributed by atoms with Gasteiger partial charge in [0.1, 0.15) is 11.2 Å². The lowest BCUT2D eigenvalue weighted by Crippen LogP contribution is -2.46. The highest BCUT2D eigenvalue weighted by Crippen LogP contribution is 2.49. The van der Waals surface area contributed by atoms with E-state index in [9.17, 15) is 10.2 Å². The smallest absolute Gasteiger partial charge is 0.110 e. The summed E-state index contributed by atoms with van der Waals surface area (Å²) in [4.78, 5) is 5.00. The lowest BCUT2D eigenvalue weighted by atomic mass is 9.64. The summed E-state index contributed by atoms with van der Waals surface area (Å²) in [6.07, 6.45) is 5.93. The van der Waals surface area contributed by atoms with Crippen LogP contribution in [0, 0.1) is 35.5 Å². The third-order valence-electron chi connectivity index (χ3n) is 7.73. The number of nitrogens with zero attached hydrogens (tertiary/aromatic N) is 1. The van der Waals surface area contributed by atoms with Crippen LogP contribution in [0.2, 0.25) is 0 Å². The third kappa shape index (κ3) is 3.89. The molecule has 158 valence electrons. The Morgan fingerprint density at radius 3 is 1.54 bits per heavy atom. The summed E-state index contributed by atoms with van der Waals surface area (Å²) in [6.45, 7) is 13.3. The first-order valence-corrected chi connectivity index (χ1v) is 11.5. The largest absolute Gasteiger partial charge is 0.383 e. The molecule has 6 atom stereocenters. The average molecular weight is 388 g/mol. The van der Waals surface area contributed by atoms with Crippen molar-refractivity contribution in [3.63, 3.8) is 0 Å². The molecule has 0 saturated heterocycles. The molecule has 3 heteroatoms. The number of aliphatic hydroxyl groups is 2. The van der Waals surface area contributed by atoms with Crippen LogP contribution in [-0.4, -0.2) is 15.2 Å². The highest BCUT2D eigenvalue weighted by Gasteiger charge is 2.48. The van der Waals surface area contributed by atoms with E-state index >= 15 is 0 Å². The lowest BCUT2D eigenvalue weighted by molar-refractivity contribution is -0.0977. The van der Waals surface area contributed by atoms with Gasteiger partial charge in [0.2, 0.25) is 0 Å². The molecule has 3 nitrogen and oxygen atoms in total. The molecule has 0 unspecified atom stereocenters. The molecule has 1 aromatic heterocycles. The monoisotopic (exact) mass is 387 g/mol. The number of aromatic nitrogens is 1. The molecule has 0 aromatic carbocycles. The van der Waals surface area contributed by atoms with Gasteiger partial charge >= 0.3 is 0 Å². The van der Waals surface area contributed by atoms with Gasteiger partial charge in [-0.25, -0.2) is 0 Å². The average Bonchev–Trinajstić information content (AvgIpc) is 2.61.